The van der Waals surface area contributed by atoms with Gasteiger partial charge in [0.15, 0.2) is 5.44 Å². The molecule has 1 N–H and O–H groups in total. The molecule has 6 nitrogen and oxygen atoms in total. The monoisotopic (exact) mass is 228 g/mol. The van der Waals surface area contributed by atoms with Gasteiger partial charge in [0.2, 0.25) is 0 Å². The van der Waals surface area contributed by atoms with Crippen LogP contribution in [-0.2, 0) is 16.7 Å². The molecule has 1 heterocycles. The molecule has 0 bridgehead atoms. The molecule has 0 aliphatic rings. The summed E-state index contributed by atoms with van der Waals surface area (Å²) in [7, 11) is -4.71. The zero-order valence-electron chi connectivity index (χ0n) is 7.91. The minimum absolute atomic E-state index is 0. The Labute approximate surface area is 104 Å². The first-order valence-corrected chi connectivity index (χ1v) is 5.06. The predicted molar refractivity (Wildman–Crippen MR) is 42.6 cm³/mol. The molecule has 1 aromatic heterocycles. The Morgan fingerprint density at radius 1 is 1.71 bits per heavy atom. The molecular formula is C6H9N2NaO4S. The standard InChI is InChI=1S/C6H10N2O4S.Na/c1-2-8-4-7-3-5(8)6(9)13(10,11)12;/h3-4,6,9H,2H2,1H3,(H,10,11,12);/q;+1/p-1. The molecule has 0 aliphatic carbocycles. The van der Waals surface area contributed by atoms with Crippen LogP contribution in [0.3, 0.4) is 0 Å². The van der Waals surface area contributed by atoms with Gasteiger partial charge in [-0.25, -0.2) is 13.4 Å². The van der Waals surface area contributed by atoms with Crippen molar-refractivity contribution in [2.45, 2.75) is 18.9 Å². The second-order valence-corrected chi connectivity index (χ2v) is 3.88. The Morgan fingerprint density at radius 3 is 2.71 bits per heavy atom. The normalized spacial score (nSPS) is 13.4. The summed E-state index contributed by atoms with van der Waals surface area (Å²) < 4.78 is 32.7. The molecule has 1 aromatic rings. The van der Waals surface area contributed by atoms with Crippen LogP contribution in [0.4, 0.5) is 0 Å². The SMILES string of the molecule is CCn1cncc1C(O)S(=O)(=O)[O-].[Na+]. The molecule has 1 atom stereocenters. The maximum absolute atomic E-state index is 10.5. The molecule has 14 heavy (non-hydrogen) atoms. The van der Waals surface area contributed by atoms with E-state index in [2.05, 4.69) is 4.98 Å². The number of hydrogen-bond donors (Lipinski definition) is 1. The number of rotatable bonds is 3. The minimum Gasteiger partial charge on any atom is -0.746 e. The maximum Gasteiger partial charge on any atom is 1.00 e. The smallest absolute Gasteiger partial charge is 0.746 e. The molecule has 8 heteroatoms. The summed E-state index contributed by atoms with van der Waals surface area (Å²) in [6.07, 6.45) is 2.51. The van der Waals surface area contributed by atoms with E-state index >= 15 is 0 Å². The van der Waals surface area contributed by atoms with Gasteiger partial charge >= 0.3 is 29.6 Å². The van der Waals surface area contributed by atoms with E-state index in [0.717, 1.165) is 6.20 Å². The number of hydrogen-bond acceptors (Lipinski definition) is 5. The zero-order chi connectivity index (χ0) is 10.1. The largest absolute Gasteiger partial charge is 1.00 e. The number of aliphatic hydroxyl groups is 1. The van der Waals surface area contributed by atoms with Crippen LogP contribution in [0.2, 0.25) is 0 Å². The second kappa shape index (κ2) is 5.24. The van der Waals surface area contributed by atoms with E-state index in [-0.39, 0.29) is 35.3 Å². The van der Waals surface area contributed by atoms with Crippen LogP contribution in [0, 0.1) is 0 Å². The van der Waals surface area contributed by atoms with Gasteiger partial charge in [-0.1, -0.05) is 0 Å². The first-order chi connectivity index (χ1) is 5.96. The number of aryl methyl sites for hydroxylation is 1. The van der Waals surface area contributed by atoms with E-state index in [0.29, 0.717) is 6.54 Å². The Balaban J connectivity index is 0.00000169. The van der Waals surface area contributed by atoms with Gasteiger partial charge in [0.1, 0.15) is 10.1 Å². The number of nitrogens with zero attached hydrogens (tertiary/aromatic N) is 2. The van der Waals surface area contributed by atoms with Gasteiger partial charge in [0.05, 0.1) is 18.2 Å². The van der Waals surface area contributed by atoms with Crippen LogP contribution < -0.4 is 29.6 Å². The van der Waals surface area contributed by atoms with Gasteiger partial charge in [0.25, 0.3) is 0 Å². The fourth-order valence-electron chi connectivity index (χ4n) is 0.949. The van der Waals surface area contributed by atoms with Crippen molar-refractivity contribution in [1.82, 2.24) is 9.55 Å². The molecule has 0 saturated heterocycles. The Bertz CT molecular complexity index is 388. The fraction of sp³-hybridized carbons (Fsp3) is 0.500. The van der Waals surface area contributed by atoms with Crippen LogP contribution in [0.25, 0.3) is 0 Å². The van der Waals surface area contributed by atoms with Crippen LogP contribution in [-0.4, -0.2) is 27.6 Å². The van der Waals surface area contributed by atoms with E-state index < -0.39 is 15.6 Å². The molecule has 1 unspecified atom stereocenters. The summed E-state index contributed by atoms with van der Waals surface area (Å²) in [6, 6.07) is 0. The van der Waals surface area contributed by atoms with Crippen molar-refractivity contribution in [2.24, 2.45) is 0 Å². The first-order valence-electron chi connectivity index (χ1n) is 3.59. The molecule has 0 saturated carbocycles. The van der Waals surface area contributed by atoms with Crippen molar-refractivity contribution in [3.63, 3.8) is 0 Å². The van der Waals surface area contributed by atoms with Gasteiger partial charge in [0, 0.05) is 6.54 Å². The summed E-state index contributed by atoms with van der Waals surface area (Å²) >= 11 is 0. The minimum atomic E-state index is -4.71. The Hall–Kier alpha value is 0.0800. The fourth-order valence-corrected chi connectivity index (χ4v) is 1.44. The topological polar surface area (TPSA) is 95.2 Å². The molecule has 0 aromatic carbocycles. The quantitative estimate of drug-likeness (QED) is 0.427. The van der Waals surface area contributed by atoms with Crippen molar-refractivity contribution < 1.29 is 47.6 Å². The molecule has 1 rings (SSSR count). The Morgan fingerprint density at radius 2 is 2.29 bits per heavy atom. The van der Waals surface area contributed by atoms with Gasteiger partial charge in [-0.3, -0.25) is 0 Å². The second-order valence-electron chi connectivity index (χ2n) is 2.45. The third-order valence-electron chi connectivity index (χ3n) is 1.61. The molecule has 0 amide bonds. The van der Waals surface area contributed by atoms with Gasteiger partial charge in [-0.15, -0.1) is 0 Å². The molecule has 74 valence electrons. The summed E-state index contributed by atoms with van der Waals surface area (Å²) in [5.41, 5.74) is -2.03. The average Bonchev–Trinajstić information content (AvgIpc) is 2.48. The molecule has 0 aliphatic heterocycles. The number of imidazole rings is 1. The summed E-state index contributed by atoms with van der Waals surface area (Å²) in [5.74, 6) is 0. The van der Waals surface area contributed by atoms with Crippen LogP contribution >= 0.6 is 0 Å². The average molecular weight is 228 g/mol. The molecule has 0 radical (unpaired) electrons. The predicted octanol–water partition coefficient (Wildman–Crippen LogP) is -3.56. The third-order valence-corrected chi connectivity index (χ3v) is 2.40. The van der Waals surface area contributed by atoms with Crippen LogP contribution in [0.15, 0.2) is 12.5 Å². The maximum atomic E-state index is 10.5. The third kappa shape index (κ3) is 3.04. The van der Waals surface area contributed by atoms with Gasteiger partial charge in [-0.2, -0.15) is 0 Å². The summed E-state index contributed by atoms with van der Waals surface area (Å²) in [4.78, 5) is 3.63. The van der Waals surface area contributed by atoms with Crippen molar-refractivity contribution in [3.05, 3.63) is 18.2 Å². The zero-order valence-corrected chi connectivity index (χ0v) is 10.7. The Kier molecular flexibility index (Phi) is 5.27. The molecular weight excluding hydrogens is 219 g/mol. The summed E-state index contributed by atoms with van der Waals surface area (Å²) in [5, 5.41) is 9.10. The van der Waals surface area contributed by atoms with E-state index in [9.17, 15) is 13.0 Å². The molecule has 0 spiro atoms. The number of aromatic nitrogens is 2. The van der Waals surface area contributed by atoms with Crippen LogP contribution in [0.1, 0.15) is 18.1 Å². The van der Waals surface area contributed by atoms with E-state index in [1.807, 2.05) is 0 Å². The first kappa shape index (κ1) is 14.1. The van der Waals surface area contributed by atoms with Crippen molar-refractivity contribution in [3.8, 4) is 0 Å². The van der Waals surface area contributed by atoms with E-state index in [1.165, 1.54) is 10.9 Å². The van der Waals surface area contributed by atoms with E-state index in [4.69, 9.17) is 5.11 Å². The van der Waals surface area contributed by atoms with E-state index in [1.54, 1.807) is 6.92 Å². The van der Waals surface area contributed by atoms with Crippen molar-refractivity contribution in [2.75, 3.05) is 0 Å². The molecule has 0 fully saturated rings. The van der Waals surface area contributed by atoms with Crippen molar-refractivity contribution >= 4 is 10.1 Å². The summed E-state index contributed by atoms with van der Waals surface area (Å²) in [6.45, 7) is 2.19. The number of aliphatic hydroxyl groups excluding tert-OH is 1. The van der Waals surface area contributed by atoms with Crippen molar-refractivity contribution in [1.29, 1.82) is 0 Å². The van der Waals surface area contributed by atoms with Gasteiger partial charge in [-0.05, 0) is 6.92 Å². The van der Waals surface area contributed by atoms with Crippen LogP contribution in [0.5, 0.6) is 0 Å². The van der Waals surface area contributed by atoms with Gasteiger partial charge < -0.3 is 14.2 Å².